The Morgan fingerprint density at radius 1 is 1.25 bits per heavy atom. The van der Waals surface area contributed by atoms with E-state index < -0.39 is 17.7 Å². The average molecular weight is 332 g/mol. The van der Waals surface area contributed by atoms with Gasteiger partial charge in [-0.3, -0.25) is 15.0 Å². The van der Waals surface area contributed by atoms with Gasteiger partial charge in [0.2, 0.25) is 11.8 Å². The summed E-state index contributed by atoms with van der Waals surface area (Å²) < 4.78 is 10.6. The predicted octanol–water partition coefficient (Wildman–Crippen LogP) is 0.449. The molecule has 126 valence electrons. The minimum Gasteiger partial charge on any atom is -0.485 e. The van der Waals surface area contributed by atoms with Crippen molar-refractivity contribution in [2.75, 3.05) is 0 Å². The van der Waals surface area contributed by atoms with E-state index in [1.807, 2.05) is 0 Å². The van der Waals surface area contributed by atoms with Gasteiger partial charge in [-0.2, -0.15) is 0 Å². The number of carbonyl (C=O) groups is 2. The molecule has 9 heteroatoms. The van der Waals surface area contributed by atoms with Crippen molar-refractivity contribution >= 4 is 22.8 Å². The number of ether oxygens (including phenoxy) is 1. The Morgan fingerprint density at radius 2 is 1.96 bits per heavy atom. The van der Waals surface area contributed by atoms with Crippen molar-refractivity contribution in [3.63, 3.8) is 0 Å². The minimum atomic E-state index is -1.05. The fraction of sp³-hybridized carbons (Fsp3) is 0.467. The van der Waals surface area contributed by atoms with Crippen LogP contribution in [0.4, 0.5) is 0 Å². The van der Waals surface area contributed by atoms with Crippen molar-refractivity contribution in [2.45, 2.75) is 44.4 Å². The van der Waals surface area contributed by atoms with Crippen LogP contribution in [-0.4, -0.2) is 43.9 Å². The molecule has 2 N–H and O–H groups in total. The first-order chi connectivity index (χ1) is 11.4. The lowest BCUT2D eigenvalue weighted by Gasteiger charge is -2.46. The number of benzene rings is 1. The normalized spacial score (nSPS) is 26.0. The van der Waals surface area contributed by atoms with Crippen molar-refractivity contribution in [3.8, 4) is 5.75 Å². The summed E-state index contributed by atoms with van der Waals surface area (Å²) in [5, 5.41) is 19.6. The molecule has 0 aliphatic carbocycles. The molecule has 3 heterocycles. The molecule has 1 saturated heterocycles. The third-order valence-corrected chi connectivity index (χ3v) is 4.45. The molecule has 2 aliphatic rings. The van der Waals surface area contributed by atoms with E-state index in [1.54, 1.807) is 26.0 Å². The summed E-state index contributed by atoms with van der Waals surface area (Å²) in [6.45, 7) is 3.43. The first-order valence-electron chi connectivity index (χ1n) is 7.61. The van der Waals surface area contributed by atoms with Gasteiger partial charge >= 0.3 is 0 Å². The van der Waals surface area contributed by atoms with E-state index in [2.05, 4.69) is 15.7 Å². The van der Waals surface area contributed by atoms with E-state index in [4.69, 9.17) is 9.37 Å². The molecule has 1 fully saturated rings. The Kier molecular flexibility index (Phi) is 3.04. The Hall–Kier alpha value is -2.68. The summed E-state index contributed by atoms with van der Waals surface area (Å²) in [7, 11) is 0. The molecular formula is C15H16N4O5. The number of aliphatic hydroxyl groups is 1. The third-order valence-electron chi connectivity index (χ3n) is 4.45. The number of nitrogens with one attached hydrogen (secondary N) is 1. The van der Waals surface area contributed by atoms with Crippen LogP contribution in [0.2, 0.25) is 0 Å². The molecule has 2 aliphatic heterocycles. The maximum absolute atomic E-state index is 12.3. The summed E-state index contributed by atoms with van der Waals surface area (Å²) in [5.74, 6) is -0.0661. The number of fused-ring (bicyclic) bond motifs is 2. The largest absolute Gasteiger partial charge is 0.485 e. The highest BCUT2D eigenvalue weighted by Crippen LogP contribution is 2.44. The zero-order chi connectivity index (χ0) is 17.1. The average Bonchev–Trinajstić information content (AvgIpc) is 2.96. The summed E-state index contributed by atoms with van der Waals surface area (Å²) in [5.41, 5.74) is 3.12. The van der Waals surface area contributed by atoms with Crippen molar-refractivity contribution in [2.24, 2.45) is 0 Å². The number of hydrazine groups is 1. The van der Waals surface area contributed by atoms with E-state index in [0.29, 0.717) is 22.3 Å². The standard InChI is InChI=1S/C15H16N4O5/c1-15(2)14(22)13(19-12(21)4-3-11(20)16-19)7-5-8-9(18-24-17-8)6-10(7)23-15/h5-6,13-14,22H,3-4H2,1-2H3,(H,16,20). The molecule has 2 atom stereocenters. The van der Waals surface area contributed by atoms with E-state index in [9.17, 15) is 14.7 Å². The molecule has 0 bridgehead atoms. The number of nitrogens with zero attached hydrogens (tertiary/aromatic N) is 3. The van der Waals surface area contributed by atoms with Crippen molar-refractivity contribution in [1.82, 2.24) is 20.7 Å². The monoisotopic (exact) mass is 332 g/mol. The quantitative estimate of drug-likeness (QED) is 0.778. The predicted molar refractivity (Wildman–Crippen MR) is 79.5 cm³/mol. The van der Waals surface area contributed by atoms with Crippen LogP contribution in [0, 0.1) is 0 Å². The van der Waals surface area contributed by atoms with Crippen LogP contribution in [0.15, 0.2) is 16.8 Å². The lowest BCUT2D eigenvalue weighted by molar-refractivity contribution is -0.161. The van der Waals surface area contributed by atoms with Crippen molar-refractivity contribution in [3.05, 3.63) is 17.7 Å². The fourth-order valence-corrected chi connectivity index (χ4v) is 3.14. The highest BCUT2D eigenvalue weighted by atomic mass is 16.6. The highest BCUT2D eigenvalue weighted by molar-refractivity contribution is 5.90. The van der Waals surface area contributed by atoms with Crippen molar-refractivity contribution in [1.29, 1.82) is 0 Å². The molecule has 4 rings (SSSR count). The van der Waals surface area contributed by atoms with E-state index >= 15 is 0 Å². The van der Waals surface area contributed by atoms with Crippen LogP contribution in [-0.2, 0) is 9.59 Å². The Balaban J connectivity index is 1.88. The van der Waals surface area contributed by atoms with Gasteiger partial charge in [0.1, 0.15) is 34.5 Å². The lowest BCUT2D eigenvalue weighted by atomic mass is 9.85. The molecule has 9 nitrogen and oxygen atoms in total. The smallest absolute Gasteiger partial charge is 0.242 e. The summed E-state index contributed by atoms with van der Waals surface area (Å²) in [4.78, 5) is 24.1. The first kappa shape index (κ1) is 14.9. The number of carbonyl (C=O) groups excluding carboxylic acids is 2. The first-order valence-corrected chi connectivity index (χ1v) is 7.61. The van der Waals surface area contributed by atoms with E-state index in [-0.39, 0.29) is 24.7 Å². The van der Waals surface area contributed by atoms with Crippen molar-refractivity contribution < 1.29 is 24.1 Å². The number of hydrogen-bond donors (Lipinski definition) is 2. The number of aliphatic hydroxyl groups excluding tert-OH is 1. The Labute approximate surface area is 136 Å². The van der Waals surface area contributed by atoms with Crippen LogP contribution >= 0.6 is 0 Å². The Morgan fingerprint density at radius 3 is 2.71 bits per heavy atom. The van der Waals surface area contributed by atoms with Gasteiger partial charge in [0, 0.05) is 24.5 Å². The van der Waals surface area contributed by atoms with Gasteiger partial charge in [-0.1, -0.05) is 0 Å². The number of aromatic nitrogens is 2. The van der Waals surface area contributed by atoms with Gasteiger partial charge in [-0.15, -0.1) is 0 Å². The molecule has 0 radical (unpaired) electrons. The molecule has 1 aromatic carbocycles. The topological polar surface area (TPSA) is 118 Å². The van der Waals surface area contributed by atoms with Gasteiger partial charge < -0.3 is 9.84 Å². The molecule has 1 aromatic heterocycles. The second kappa shape index (κ2) is 4.91. The summed E-state index contributed by atoms with van der Waals surface area (Å²) in [6, 6.07) is 2.51. The molecule has 2 aromatic rings. The highest BCUT2D eigenvalue weighted by Gasteiger charge is 2.48. The van der Waals surface area contributed by atoms with Gasteiger partial charge in [0.25, 0.3) is 0 Å². The minimum absolute atomic E-state index is 0.0967. The molecule has 2 amide bonds. The Bertz CT molecular complexity index is 846. The SMILES string of the molecule is CC1(C)Oc2cc3nonc3cc2C(N2NC(=O)CCC2=O)C1O. The molecule has 0 saturated carbocycles. The lowest BCUT2D eigenvalue weighted by Crippen LogP contribution is -2.60. The second-order valence-corrected chi connectivity index (χ2v) is 6.54. The van der Waals surface area contributed by atoms with Crippen LogP contribution in [0.25, 0.3) is 11.0 Å². The molecule has 24 heavy (non-hydrogen) atoms. The van der Waals surface area contributed by atoms with Crippen LogP contribution in [0.3, 0.4) is 0 Å². The van der Waals surface area contributed by atoms with Gasteiger partial charge in [0.05, 0.1) is 0 Å². The second-order valence-electron chi connectivity index (χ2n) is 6.54. The zero-order valence-corrected chi connectivity index (χ0v) is 13.1. The third kappa shape index (κ3) is 2.12. The zero-order valence-electron chi connectivity index (χ0n) is 13.1. The molecule has 0 spiro atoms. The van der Waals surface area contributed by atoms with Gasteiger partial charge in [-0.05, 0) is 30.2 Å². The van der Waals surface area contributed by atoms with Crippen LogP contribution < -0.4 is 10.2 Å². The van der Waals surface area contributed by atoms with E-state index in [1.165, 1.54) is 5.01 Å². The maximum atomic E-state index is 12.3. The van der Waals surface area contributed by atoms with Crippen LogP contribution in [0.1, 0.15) is 38.3 Å². The summed E-state index contributed by atoms with van der Waals surface area (Å²) >= 11 is 0. The number of rotatable bonds is 1. The van der Waals surface area contributed by atoms with Gasteiger partial charge in [0.15, 0.2) is 0 Å². The van der Waals surface area contributed by atoms with Gasteiger partial charge in [-0.25, -0.2) is 9.64 Å². The number of amides is 2. The number of hydrogen-bond acceptors (Lipinski definition) is 7. The van der Waals surface area contributed by atoms with Crippen LogP contribution in [0.5, 0.6) is 5.75 Å². The molecule has 2 unspecified atom stereocenters. The fourth-order valence-electron chi connectivity index (χ4n) is 3.14. The molecular weight excluding hydrogens is 316 g/mol. The van der Waals surface area contributed by atoms with E-state index in [0.717, 1.165) is 0 Å². The summed E-state index contributed by atoms with van der Waals surface area (Å²) in [6.07, 6.45) is -0.819. The maximum Gasteiger partial charge on any atom is 0.242 e.